The first-order chi connectivity index (χ1) is 8.66. The summed E-state index contributed by atoms with van der Waals surface area (Å²) in [6, 6.07) is -0.434. The summed E-state index contributed by atoms with van der Waals surface area (Å²) in [5.74, 6) is 0.136. The van der Waals surface area contributed by atoms with E-state index in [0.717, 1.165) is 0 Å². The number of nitrogens with two attached hydrogens (primary N) is 1. The van der Waals surface area contributed by atoms with E-state index in [9.17, 15) is 9.59 Å². The van der Waals surface area contributed by atoms with Crippen LogP contribution in [0, 0.1) is 11.8 Å². The summed E-state index contributed by atoms with van der Waals surface area (Å²) in [5, 5.41) is 2.62. The third kappa shape index (κ3) is 6.57. The summed E-state index contributed by atoms with van der Waals surface area (Å²) < 4.78 is 0. The summed E-state index contributed by atoms with van der Waals surface area (Å²) in [6.45, 7) is 12.6. The number of carbonyl (C=O) groups excluding carboxylic acids is 2. The van der Waals surface area contributed by atoms with Gasteiger partial charge in [-0.05, 0) is 25.7 Å². The van der Waals surface area contributed by atoms with Crippen LogP contribution >= 0.6 is 0 Å². The maximum absolute atomic E-state index is 12.1. The van der Waals surface area contributed by atoms with Crippen LogP contribution in [0.4, 0.5) is 0 Å². The molecule has 0 bridgehead atoms. The lowest BCUT2D eigenvalue weighted by Crippen LogP contribution is -2.49. The van der Waals surface area contributed by atoms with Gasteiger partial charge in [0.15, 0.2) is 0 Å². The average molecular weight is 271 g/mol. The first-order valence-electron chi connectivity index (χ1n) is 6.99. The highest BCUT2D eigenvalue weighted by molar-refractivity contribution is 5.87. The third-order valence-electron chi connectivity index (χ3n) is 2.94. The van der Waals surface area contributed by atoms with E-state index in [0.29, 0.717) is 12.5 Å². The van der Waals surface area contributed by atoms with Gasteiger partial charge in [0.2, 0.25) is 11.8 Å². The van der Waals surface area contributed by atoms with Gasteiger partial charge in [-0.3, -0.25) is 9.59 Å². The topological polar surface area (TPSA) is 75.4 Å². The van der Waals surface area contributed by atoms with Crippen LogP contribution in [0.2, 0.25) is 0 Å². The molecule has 0 heterocycles. The number of amides is 2. The number of carbonyl (C=O) groups is 2. The van der Waals surface area contributed by atoms with Crippen molar-refractivity contribution in [1.29, 1.82) is 0 Å². The summed E-state index contributed by atoms with van der Waals surface area (Å²) in [5.41, 5.74) is 5.73. The Kier molecular flexibility index (Phi) is 7.68. The minimum atomic E-state index is -0.564. The maximum Gasteiger partial charge on any atom is 0.242 e. The van der Waals surface area contributed by atoms with Crippen LogP contribution < -0.4 is 11.1 Å². The molecule has 0 rings (SSSR count). The second kappa shape index (κ2) is 8.15. The molecule has 0 fully saturated rings. The lowest BCUT2D eigenvalue weighted by molar-refractivity contribution is -0.135. The zero-order valence-electron chi connectivity index (χ0n) is 13.1. The molecule has 0 spiro atoms. The van der Waals surface area contributed by atoms with Gasteiger partial charge < -0.3 is 16.0 Å². The monoisotopic (exact) mass is 271 g/mol. The van der Waals surface area contributed by atoms with Crippen molar-refractivity contribution >= 4 is 11.8 Å². The predicted molar refractivity (Wildman–Crippen MR) is 77.5 cm³/mol. The largest absolute Gasteiger partial charge is 0.346 e. The van der Waals surface area contributed by atoms with Crippen molar-refractivity contribution in [3.05, 3.63) is 0 Å². The zero-order chi connectivity index (χ0) is 15.2. The quantitative estimate of drug-likeness (QED) is 0.724. The van der Waals surface area contributed by atoms with Crippen molar-refractivity contribution in [3.8, 4) is 0 Å². The standard InChI is InChI=1S/C14H29N3O2/c1-9(2)8-17(11(5)6)12(18)7-16-14(19)13(15)10(3)4/h9-11,13H,7-8,15H2,1-6H3,(H,16,19)/t13-/m0/s1. The molecular weight excluding hydrogens is 242 g/mol. The smallest absolute Gasteiger partial charge is 0.242 e. The van der Waals surface area contributed by atoms with E-state index < -0.39 is 6.04 Å². The Morgan fingerprint density at radius 1 is 1.11 bits per heavy atom. The van der Waals surface area contributed by atoms with Gasteiger partial charge in [0.1, 0.15) is 0 Å². The van der Waals surface area contributed by atoms with E-state index in [2.05, 4.69) is 19.2 Å². The minimum Gasteiger partial charge on any atom is -0.346 e. The summed E-state index contributed by atoms with van der Waals surface area (Å²) in [6.07, 6.45) is 0. The summed E-state index contributed by atoms with van der Waals surface area (Å²) >= 11 is 0. The van der Waals surface area contributed by atoms with Gasteiger partial charge >= 0.3 is 0 Å². The summed E-state index contributed by atoms with van der Waals surface area (Å²) in [7, 11) is 0. The molecule has 0 aliphatic heterocycles. The van der Waals surface area contributed by atoms with Gasteiger partial charge in [-0.15, -0.1) is 0 Å². The molecule has 0 aromatic carbocycles. The molecule has 0 aromatic heterocycles. The van der Waals surface area contributed by atoms with Crippen LogP contribution in [0.1, 0.15) is 41.5 Å². The maximum atomic E-state index is 12.1. The van der Waals surface area contributed by atoms with Gasteiger partial charge in [0.05, 0.1) is 12.6 Å². The number of nitrogens with one attached hydrogen (secondary N) is 1. The number of rotatable bonds is 7. The molecule has 19 heavy (non-hydrogen) atoms. The molecule has 2 amide bonds. The van der Waals surface area contributed by atoms with Gasteiger partial charge in [-0.1, -0.05) is 27.7 Å². The molecule has 0 unspecified atom stereocenters. The Bertz CT molecular complexity index is 301. The molecule has 112 valence electrons. The van der Waals surface area contributed by atoms with E-state index in [1.807, 2.05) is 27.7 Å². The molecule has 0 saturated heterocycles. The zero-order valence-corrected chi connectivity index (χ0v) is 13.1. The van der Waals surface area contributed by atoms with Crippen LogP contribution in [0.25, 0.3) is 0 Å². The molecule has 0 radical (unpaired) electrons. The molecule has 1 atom stereocenters. The molecule has 0 aliphatic rings. The average Bonchev–Trinajstić information content (AvgIpc) is 2.30. The van der Waals surface area contributed by atoms with Crippen LogP contribution in [-0.4, -0.2) is 41.9 Å². The first-order valence-corrected chi connectivity index (χ1v) is 6.99. The minimum absolute atomic E-state index is 0.0180. The number of hydrogen-bond acceptors (Lipinski definition) is 3. The van der Waals surface area contributed by atoms with Crippen LogP contribution in [-0.2, 0) is 9.59 Å². The van der Waals surface area contributed by atoms with E-state index in [1.165, 1.54) is 0 Å². The van der Waals surface area contributed by atoms with Crippen molar-refractivity contribution < 1.29 is 9.59 Å². The lowest BCUT2D eigenvalue weighted by Gasteiger charge is -2.29. The van der Waals surface area contributed by atoms with E-state index in [1.54, 1.807) is 4.90 Å². The molecule has 0 aromatic rings. The molecule has 5 heteroatoms. The van der Waals surface area contributed by atoms with Gasteiger partial charge in [-0.25, -0.2) is 0 Å². The summed E-state index contributed by atoms with van der Waals surface area (Å²) in [4.78, 5) is 25.6. The van der Waals surface area contributed by atoms with Crippen LogP contribution in [0.5, 0.6) is 0 Å². The Labute approximate surface area is 116 Å². The highest BCUT2D eigenvalue weighted by Gasteiger charge is 2.21. The predicted octanol–water partition coefficient (Wildman–Crippen LogP) is 0.979. The second-order valence-corrected chi connectivity index (χ2v) is 6.02. The Morgan fingerprint density at radius 3 is 2.00 bits per heavy atom. The van der Waals surface area contributed by atoms with E-state index >= 15 is 0 Å². The number of nitrogens with zero attached hydrogens (tertiary/aromatic N) is 1. The molecule has 0 saturated carbocycles. The van der Waals surface area contributed by atoms with Gasteiger partial charge in [-0.2, -0.15) is 0 Å². The van der Waals surface area contributed by atoms with Crippen molar-refractivity contribution in [2.45, 2.75) is 53.6 Å². The highest BCUT2D eigenvalue weighted by Crippen LogP contribution is 2.04. The fraction of sp³-hybridized carbons (Fsp3) is 0.857. The Hall–Kier alpha value is -1.10. The normalized spacial score (nSPS) is 12.9. The lowest BCUT2D eigenvalue weighted by atomic mass is 10.1. The van der Waals surface area contributed by atoms with Crippen molar-refractivity contribution in [1.82, 2.24) is 10.2 Å². The van der Waals surface area contributed by atoms with E-state index in [-0.39, 0.29) is 30.3 Å². The van der Waals surface area contributed by atoms with Gasteiger partial charge in [0, 0.05) is 12.6 Å². The second-order valence-electron chi connectivity index (χ2n) is 6.02. The third-order valence-corrected chi connectivity index (χ3v) is 2.94. The van der Waals surface area contributed by atoms with Crippen LogP contribution in [0.3, 0.4) is 0 Å². The van der Waals surface area contributed by atoms with Crippen LogP contribution in [0.15, 0.2) is 0 Å². The molecule has 5 nitrogen and oxygen atoms in total. The van der Waals surface area contributed by atoms with Gasteiger partial charge in [0.25, 0.3) is 0 Å². The van der Waals surface area contributed by atoms with Crippen molar-refractivity contribution in [3.63, 3.8) is 0 Å². The Balaban J connectivity index is 4.38. The molecule has 3 N–H and O–H groups in total. The fourth-order valence-electron chi connectivity index (χ4n) is 1.68. The molecule has 0 aliphatic carbocycles. The number of hydrogen-bond donors (Lipinski definition) is 2. The first kappa shape index (κ1) is 17.9. The van der Waals surface area contributed by atoms with Crippen molar-refractivity contribution in [2.24, 2.45) is 17.6 Å². The van der Waals surface area contributed by atoms with Crippen molar-refractivity contribution in [2.75, 3.05) is 13.1 Å². The molecular formula is C14H29N3O2. The SMILES string of the molecule is CC(C)CN(C(=O)CNC(=O)[C@@H](N)C(C)C)C(C)C. The highest BCUT2D eigenvalue weighted by atomic mass is 16.2. The fourth-order valence-corrected chi connectivity index (χ4v) is 1.68. The Morgan fingerprint density at radius 2 is 1.63 bits per heavy atom. The van der Waals surface area contributed by atoms with E-state index in [4.69, 9.17) is 5.73 Å².